The van der Waals surface area contributed by atoms with Crippen molar-refractivity contribution in [1.82, 2.24) is 10.2 Å². The quantitative estimate of drug-likeness (QED) is 0.632. The van der Waals surface area contributed by atoms with Gasteiger partial charge in [0, 0.05) is 12.6 Å². The van der Waals surface area contributed by atoms with Gasteiger partial charge in [-0.1, -0.05) is 47.0 Å². The summed E-state index contributed by atoms with van der Waals surface area (Å²) in [7, 11) is 4.32. The summed E-state index contributed by atoms with van der Waals surface area (Å²) in [5, 5.41) is 3.77. The molecule has 17 heavy (non-hydrogen) atoms. The molecule has 2 atom stereocenters. The SMILES string of the molecule is CCCCC(CC)CNC(CN(C)C)C(C)C. The van der Waals surface area contributed by atoms with Crippen LogP contribution in [0.1, 0.15) is 53.4 Å². The third-order valence-corrected chi connectivity index (χ3v) is 3.58. The fourth-order valence-electron chi connectivity index (χ4n) is 2.17. The highest BCUT2D eigenvalue weighted by atomic mass is 15.1. The van der Waals surface area contributed by atoms with Crippen molar-refractivity contribution in [3.05, 3.63) is 0 Å². The van der Waals surface area contributed by atoms with Gasteiger partial charge in [0.05, 0.1) is 0 Å². The Bertz CT molecular complexity index is 166. The summed E-state index contributed by atoms with van der Waals surface area (Å²) in [6.45, 7) is 11.6. The van der Waals surface area contributed by atoms with Crippen LogP contribution in [0.4, 0.5) is 0 Å². The second-order valence-corrected chi connectivity index (χ2v) is 5.94. The molecule has 0 spiro atoms. The van der Waals surface area contributed by atoms with Crippen LogP contribution in [0.2, 0.25) is 0 Å². The van der Waals surface area contributed by atoms with Crippen LogP contribution in [0.15, 0.2) is 0 Å². The van der Waals surface area contributed by atoms with Crippen LogP contribution in [0.25, 0.3) is 0 Å². The van der Waals surface area contributed by atoms with Gasteiger partial charge in [0.1, 0.15) is 0 Å². The standard InChI is InChI=1S/C15H34N2/c1-7-9-10-14(8-2)11-16-15(13(3)4)12-17(5)6/h13-16H,7-12H2,1-6H3. The van der Waals surface area contributed by atoms with E-state index in [0.29, 0.717) is 12.0 Å². The Kier molecular flexibility index (Phi) is 9.85. The van der Waals surface area contributed by atoms with Gasteiger partial charge in [-0.3, -0.25) is 0 Å². The van der Waals surface area contributed by atoms with Gasteiger partial charge in [-0.2, -0.15) is 0 Å². The Morgan fingerprint density at radius 3 is 2.18 bits per heavy atom. The van der Waals surface area contributed by atoms with E-state index >= 15 is 0 Å². The topological polar surface area (TPSA) is 15.3 Å². The zero-order valence-electron chi connectivity index (χ0n) is 12.9. The lowest BCUT2D eigenvalue weighted by Gasteiger charge is -2.28. The number of nitrogens with zero attached hydrogens (tertiary/aromatic N) is 1. The van der Waals surface area contributed by atoms with Gasteiger partial charge in [-0.05, 0) is 38.9 Å². The van der Waals surface area contributed by atoms with Crippen molar-refractivity contribution in [2.75, 3.05) is 27.2 Å². The van der Waals surface area contributed by atoms with E-state index in [1.54, 1.807) is 0 Å². The van der Waals surface area contributed by atoms with E-state index in [0.717, 1.165) is 12.5 Å². The summed E-state index contributed by atoms with van der Waals surface area (Å²) < 4.78 is 0. The van der Waals surface area contributed by atoms with Crippen molar-refractivity contribution in [2.45, 2.75) is 59.4 Å². The second-order valence-electron chi connectivity index (χ2n) is 5.94. The molecule has 0 saturated heterocycles. The van der Waals surface area contributed by atoms with E-state index in [-0.39, 0.29) is 0 Å². The number of hydrogen-bond donors (Lipinski definition) is 1. The number of rotatable bonds is 10. The average molecular weight is 242 g/mol. The highest BCUT2D eigenvalue weighted by molar-refractivity contribution is 4.74. The predicted octanol–water partition coefficient (Wildman–Crippen LogP) is 3.38. The minimum atomic E-state index is 0.626. The molecule has 0 aliphatic rings. The Hall–Kier alpha value is -0.0800. The maximum atomic E-state index is 3.77. The smallest absolute Gasteiger partial charge is 0.0217 e. The normalized spacial score (nSPS) is 15.5. The largest absolute Gasteiger partial charge is 0.312 e. The van der Waals surface area contributed by atoms with E-state index in [1.165, 1.54) is 32.2 Å². The summed E-state index contributed by atoms with van der Waals surface area (Å²) in [6.07, 6.45) is 5.38. The maximum Gasteiger partial charge on any atom is 0.0217 e. The van der Waals surface area contributed by atoms with Crippen molar-refractivity contribution < 1.29 is 0 Å². The monoisotopic (exact) mass is 242 g/mol. The molecule has 0 saturated carbocycles. The van der Waals surface area contributed by atoms with Gasteiger partial charge in [-0.25, -0.2) is 0 Å². The van der Waals surface area contributed by atoms with Crippen LogP contribution in [-0.2, 0) is 0 Å². The maximum absolute atomic E-state index is 3.77. The van der Waals surface area contributed by atoms with Crippen LogP contribution >= 0.6 is 0 Å². The fourth-order valence-corrected chi connectivity index (χ4v) is 2.17. The first-order valence-electron chi connectivity index (χ1n) is 7.39. The molecule has 104 valence electrons. The summed E-state index contributed by atoms with van der Waals surface area (Å²) in [5.41, 5.74) is 0. The summed E-state index contributed by atoms with van der Waals surface area (Å²) >= 11 is 0. The molecule has 0 amide bonds. The van der Waals surface area contributed by atoms with Crippen molar-refractivity contribution in [1.29, 1.82) is 0 Å². The van der Waals surface area contributed by atoms with Crippen LogP contribution in [0.5, 0.6) is 0 Å². The first kappa shape index (κ1) is 16.9. The summed E-state index contributed by atoms with van der Waals surface area (Å²) in [6, 6.07) is 0.626. The Balaban J connectivity index is 3.99. The van der Waals surface area contributed by atoms with E-state index in [2.05, 4.69) is 52.0 Å². The zero-order valence-corrected chi connectivity index (χ0v) is 12.9. The zero-order chi connectivity index (χ0) is 13.3. The van der Waals surface area contributed by atoms with Crippen LogP contribution < -0.4 is 5.32 Å². The van der Waals surface area contributed by atoms with Crippen molar-refractivity contribution >= 4 is 0 Å². The Morgan fingerprint density at radius 1 is 1.12 bits per heavy atom. The third-order valence-electron chi connectivity index (χ3n) is 3.58. The number of nitrogens with one attached hydrogen (secondary N) is 1. The minimum Gasteiger partial charge on any atom is -0.312 e. The summed E-state index contributed by atoms with van der Waals surface area (Å²) in [4.78, 5) is 2.28. The molecule has 0 heterocycles. The van der Waals surface area contributed by atoms with Gasteiger partial charge in [-0.15, -0.1) is 0 Å². The Morgan fingerprint density at radius 2 is 1.76 bits per heavy atom. The van der Waals surface area contributed by atoms with Gasteiger partial charge >= 0.3 is 0 Å². The molecule has 2 heteroatoms. The molecule has 2 unspecified atom stereocenters. The fraction of sp³-hybridized carbons (Fsp3) is 1.00. The second kappa shape index (κ2) is 9.90. The lowest BCUT2D eigenvalue weighted by Crippen LogP contribution is -2.43. The van der Waals surface area contributed by atoms with Crippen LogP contribution in [-0.4, -0.2) is 38.1 Å². The average Bonchev–Trinajstić information content (AvgIpc) is 2.26. The lowest BCUT2D eigenvalue weighted by molar-refractivity contribution is 0.272. The van der Waals surface area contributed by atoms with Gasteiger partial charge in [0.25, 0.3) is 0 Å². The van der Waals surface area contributed by atoms with Gasteiger partial charge in [0.15, 0.2) is 0 Å². The molecule has 0 aromatic heterocycles. The number of likely N-dealkylation sites (N-methyl/N-ethyl adjacent to an activating group) is 1. The molecular formula is C15H34N2. The molecule has 2 nitrogen and oxygen atoms in total. The van der Waals surface area contributed by atoms with Gasteiger partial charge < -0.3 is 10.2 Å². The molecule has 0 aromatic carbocycles. The molecule has 0 aliphatic heterocycles. The minimum absolute atomic E-state index is 0.626. The molecule has 1 N–H and O–H groups in total. The molecule has 0 aliphatic carbocycles. The highest BCUT2D eigenvalue weighted by Gasteiger charge is 2.15. The Labute approximate surface area is 109 Å². The molecule has 0 rings (SSSR count). The van der Waals surface area contributed by atoms with Crippen LogP contribution in [0, 0.1) is 11.8 Å². The molecule has 0 bridgehead atoms. The first-order chi connectivity index (χ1) is 8.01. The van der Waals surface area contributed by atoms with E-state index in [9.17, 15) is 0 Å². The van der Waals surface area contributed by atoms with Crippen LogP contribution in [0.3, 0.4) is 0 Å². The first-order valence-corrected chi connectivity index (χ1v) is 7.39. The van der Waals surface area contributed by atoms with E-state index < -0.39 is 0 Å². The van der Waals surface area contributed by atoms with Crippen molar-refractivity contribution in [3.63, 3.8) is 0 Å². The molecule has 0 fully saturated rings. The number of unbranched alkanes of at least 4 members (excludes halogenated alkanes) is 1. The highest BCUT2D eigenvalue weighted by Crippen LogP contribution is 2.12. The van der Waals surface area contributed by atoms with Gasteiger partial charge in [0.2, 0.25) is 0 Å². The van der Waals surface area contributed by atoms with E-state index in [4.69, 9.17) is 0 Å². The third kappa shape index (κ3) is 8.62. The van der Waals surface area contributed by atoms with Crippen molar-refractivity contribution in [2.24, 2.45) is 11.8 Å². The summed E-state index contributed by atoms with van der Waals surface area (Å²) in [5.74, 6) is 1.57. The molecule has 0 aromatic rings. The van der Waals surface area contributed by atoms with Crippen molar-refractivity contribution in [3.8, 4) is 0 Å². The van der Waals surface area contributed by atoms with E-state index in [1.807, 2.05) is 0 Å². The predicted molar refractivity (Wildman–Crippen MR) is 78.5 cm³/mol. The molecule has 0 radical (unpaired) electrons. The molecular weight excluding hydrogens is 208 g/mol. The number of hydrogen-bond acceptors (Lipinski definition) is 2. The lowest BCUT2D eigenvalue weighted by atomic mass is 9.97.